The normalized spacial score (nSPS) is 15.3. The number of sulfonamides is 1. The maximum atomic E-state index is 12.8. The molecule has 6 nitrogen and oxygen atoms in total. The van der Waals surface area contributed by atoms with Crippen molar-refractivity contribution in [1.29, 1.82) is 0 Å². The molecular formula is C24H23ClN2O4S. The minimum absolute atomic E-state index is 0.0658. The maximum absolute atomic E-state index is 12.8. The fraction of sp³-hybridized carbons (Fsp3) is 0.208. The lowest BCUT2D eigenvalue weighted by Crippen LogP contribution is -2.39. The Balaban J connectivity index is 1.45. The number of hydrogen-bond acceptors (Lipinski definition) is 4. The van der Waals surface area contributed by atoms with E-state index in [1.807, 2.05) is 31.2 Å². The number of anilines is 2. The fourth-order valence-corrected chi connectivity index (χ4v) is 5.11. The largest absolute Gasteiger partial charge is 0.483 e. The number of nitrogens with zero attached hydrogens (tertiary/aromatic N) is 1. The van der Waals surface area contributed by atoms with Crippen LogP contribution in [0.15, 0.2) is 71.6 Å². The van der Waals surface area contributed by atoms with E-state index in [-0.39, 0.29) is 23.5 Å². The van der Waals surface area contributed by atoms with Crippen LogP contribution in [0.25, 0.3) is 0 Å². The van der Waals surface area contributed by atoms with Crippen molar-refractivity contribution in [2.45, 2.75) is 31.2 Å². The molecule has 0 saturated carbocycles. The van der Waals surface area contributed by atoms with Crippen LogP contribution < -0.4 is 14.4 Å². The van der Waals surface area contributed by atoms with Gasteiger partial charge >= 0.3 is 0 Å². The number of para-hydroxylation sites is 1. The summed E-state index contributed by atoms with van der Waals surface area (Å²) in [5, 5.41) is 0.520. The number of rotatable bonds is 6. The summed E-state index contributed by atoms with van der Waals surface area (Å²) in [6, 6.07) is 18.9. The average molecular weight is 471 g/mol. The Kier molecular flexibility index (Phi) is 6.13. The lowest BCUT2D eigenvalue weighted by Gasteiger charge is -2.23. The Labute approximate surface area is 192 Å². The minimum Gasteiger partial charge on any atom is -0.483 e. The van der Waals surface area contributed by atoms with E-state index < -0.39 is 10.0 Å². The average Bonchev–Trinajstić information content (AvgIpc) is 3.10. The molecule has 0 radical (unpaired) electrons. The van der Waals surface area contributed by atoms with Gasteiger partial charge in [0.05, 0.1) is 4.90 Å². The third-order valence-electron chi connectivity index (χ3n) is 5.38. The molecule has 0 fully saturated rings. The zero-order valence-electron chi connectivity index (χ0n) is 17.7. The Morgan fingerprint density at radius 1 is 1.12 bits per heavy atom. The molecule has 0 aromatic heterocycles. The maximum Gasteiger partial charge on any atom is 0.265 e. The fourth-order valence-electron chi connectivity index (χ4n) is 3.84. The summed E-state index contributed by atoms with van der Waals surface area (Å²) in [6.07, 6.45) is 0.814. The van der Waals surface area contributed by atoms with Crippen LogP contribution in [0, 0.1) is 6.92 Å². The first-order valence-corrected chi connectivity index (χ1v) is 12.0. The van der Waals surface area contributed by atoms with Crippen LogP contribution >= 0.6 is 11.6 Å². The Bertz CT molecular complexity index is 1260. The number of hydrogen-bond donors (Lipinski definition) is 1. The van der Waals surface area contributed by atoms with Gasteiger partial charge in [-0.2, -0.15) is 0 Å². The predicted molar refractivity (Wildman–Crippen MR) is 126 cm³/mol. The number of aryl methyl sites for hydroxylation is 1. The molecule has 1 unspecified atom stereocenters. The van der Waals surface area contributed by atoms with Crippen molar-refractivity contribution in [1.82, 2.24) is 0 Å². The molecule has 3 aromatic rings. The number of fused-ring (bicyclic) bond motifs is 1. The number of benzene rings is 3. The topological polar surface area (TPSA) is 75.7 Å². The van der Waals surface area contributed by atoms with Gasteiger partial charge in [-0.15, -0.1) is 0 Å². The number of carbonyl (C=O) groups is 1. The van der Waals surface area contributed by atoms with Crippen LogP contribution in [0.4, 0.5) is 11.4 Å². The van der Waals surface area contributed by atoms with Gasteiger partial charge in [-0.3, -0.25) is 9.52 Å². The van der Waals surface area contributed by atoms with Crippen LogP contribution in [-0.4, -0.2) is 27.0 Å². The highest BCUT2D eigenvalue weighted by atomic mass is 35.5. The number of carbonyl (C=O) groups excluding carboxylic acids is 1. The van der Waals surface area contributed by atoms with E-state index in [2.05, 4.69) is 4.72 Å². The summed E-state index contributed by atoms with van der Waals surface area (Å²) >= 11 is 5.85. The van der Waals surface area contributed by atoms with Gasteiger partial charge in [0.2, 0.25) is 0 Å². The quantitative estimate of drug-likeness (QED) is 0.561. The second kappa shape index (κ2) is 8.84. The summed E-state index contributed by atoms with van der Waals surface area (Å²) in [5.74, 6) is 0.326. The lowest BCUT2D eigenvalue weighted by atomic mass is 10.1. The molecule has 1 aliphatic heterocycles. The van der Waals surface area contributed by atoms with Crippen molar-refractivity contribution >= 4 is 38.9 Å². The summed E-state index contributed by atoms with van der Waals surface area (Å²) in [4.78, 5) is 14.7. The number of halogens is 1. The molecule has 1 heterocycles. The Morgan fingerprint density at radius 3 is 2.56 bits per heavy atom. The van der Waals surface area contributed by atoms with Crippen molar-refractivity contribution in [3.8, 4) is 5.75 Å². The van der Waals surface area contributed by atoms with E-state index in [0.29, 0.717) is 22.0 Å². The molecule has 1 atom stereocenters. The highest BCUT2D eigenvalue weighted by molar-refractivity contribution is 7.92. The van der Waals surface area contributed by atoms with Crippen molar-refractivity contribution < 1.29 is 17.9 Å². The van der Waals surface area contributed by atoms with Gasteiger partial charge in [-0.25, -0.2) is 8.42 Å². The molecule has 1 N–H and O–H groups in total. The summed E-state index contributed by atoms with van der Waals surface area (Å²) in [5.41, 5.74) is 3.09. The third kappa shape index (κ3) is 4.59. The molecule has 32 heavy (non-hydrogen) atoms. The third-order valence-corrected chi connectivity index (χ3v) is 7.01. The molecule has 0 saturated heterocycles. The molecule has 166 valence electrons. The van der Waals surface area contributed by atoms with Gasteiger partial charge in [0, 0.05) is 22.4 Å². The van der Waals surface area contributed by atoms with Gasteiger partial charge in [-0.1, -0.05) is 29.8 Å². The zero-order valence-corrected chi connectivity index (χ0v) is 19.3. The van der Waals surface area contributed by atoms with Crippen molar-refractivity contribution in [2.24, 2.45) is 0 Å². The van der Waals surface area contributed by atoms with Gasteiger partial charge in [-0.05, 0) is 79.9 Å². The smallest absolute Gasteiger partial charge is 0.265 e. The number of ether oxygens (including phenoxy) is 1. The van der Waals surface area contributed by atoms with E-state index in [0.717, 1.165) is 17.7 Å². The number of amides is 1. The van der Waals surface area contributed by atoms with Gasteiger partial charge in [0.1, 0.15) is 5.75 Å². The van der Waals surface area contributed by atoms with Crippen molar-refractivity contribution in [3.63, 3.8) is 0 Å². The molecule has 0 bridgehead atoms. The SMILES string of the molecule is Cc1cc(S(=O)(=O)Nc2ccc(Cl)cc2)ccc1OCC(=O)N1c2ccccc2CC1C. The number of nitrogens with one attached hydrogen (secondary N) is 1. The molecular weight excluding hydrogens is 448 g/mol. The monoisotopic (exact) mass is 470 g/mol. The van der Waals surface area contributed by atoms with Crippen LogP contribution in [0.5, 0.6) is 5.75 Å². The highest BCUT2D eigenvalue weighted by Gasteiger charge is 2.30. The Hall–Kier alpha value is -3.03. The van der Waals surface area contributed by atoms with Crippen molar-refractivity contribution in [3.05, 3.63) is 82.9 Å². The van der Waals surface area contributed by atoms with Gasteiger partial charge < -0.3 is 9.64 Å². The Morgan fingerprint density at radius 2 is 1.84 bits per heavy atom. The second-order valence-corrected chi connectivity index (χ2v) is 9.89. The molecule has 4 rings (SSSR count). The van der Waals surface area contributed by atoms with Crippen LogP contribution in [0.1, 0.15) is 18.1 Å². The summed E-state index contributed by atoms with van der Waals surface area (Å²) in [7, 11) is -3.77. The summed E-state index contributed by atoms with van der Waals surface area (Å²) < 4.78 is 33.7. The van der Waals surface area contributed by atoms with E-state index in [1.54, 1.807) is 42.2 Å². The molecule has 1 amide bonds. The van der Waals surface area contributed by atoms with Gasteiger partial charge in [0.15, 0.2) is 6.61 Å². The standard InChI is InChI=1S/C24H23ClN2O4S/c1-16-13-21(32(29,30)26-20-9-7-19(25)8-10-20)11-12-23(16)31-15-24(28)27-17(2)14-18-5-3-4-6-22(18)27/h3-13,17,26H,14-15H2,1-2H3. The van der Waals surface area contributed by atoms with Crippen LogP contribution in [0.3, 0.4) is 0 Å². The van der Waals surface area contributed by atoms with Crippen LogP contribution in [0.2, 0.25) is 5.02 Å². The van der Waals surface area contributed by atoms with E-state index in [4.69, 9.17) is 16.3 Å². The molecule has 8 heteroatoms. The van der Waals surface area contributed by atoms with E-state index >= 15 is 0 Å². The van der Waals surface area contributed by atoms with Crippen LogP contribution in [-0.2, 0) is 21.2 Å². The first kappa shape index (κ1) is 22.2. The predicted octanol–water partition coefficient (Wildman–Crippen LogP) is 4.81. The lowest BCUT2D eigenvalue weighted by molar-refractivity contribution is -0.120. The molecule has 0 aliphatic carbocycles. The van der Waals surface area contributed by atoms with Gasteiger partial charge in [0.25, 0.3) is 15.9 Å². The van der Waals surface area contributed by atoms with E-state index in [1.165, 1.54) is 12.1 Å². The van der Waals surface area contributed by atoms with E-state index in [9.17, 15) is 13.2 Å². The first-order valence-electron chi connectivity index (χ1n) is 10.2. The first-order chi connectivity index (χ1) is 15.2. The molecule has 1 aliphatic rings. The summed E-state index contributed by atoms with van der Waals surface area (Å²) in [6.45, 7) is 3.63. The minimum atomic E-state index is -3.77. The molecule has 0 spiro atoms. The highest BCUT2D eigenvalue weighted by Crippen LogP contribution is 2.32. The molecule has 3 aromatic carbocycles. The zero-order chi connectivity index (χ0) is 22.9. The second-order valence-electron chi connectivity index (χ2n) is 7.77. The van der Waals surface area contributed by atoms with Crippen molar-refractivity contribution in [2.75, 3.05) is 16.2 Å².